The van der Waals surface area contributed by atoms with Crippen molar-refractivity contribution in [2.45, 2.75) is 63.8 Å². The fourth-order valence-electron chi connectivity index (χ4n) is 1.99. The number of thiophene rings is 1. The second-order valence-corrected chi connectivity index (χ2v) is 8.75. The first-order valence-corrected chi connectivity index (χ1v) is 9.28. The van der Waals surface area contributed by atoms with Crippen LogP contribution in [0, 0.1) is 12.8 Å². The Morgan fingerprint density at radius 1 is 1.30 bits per heavy atom. The predicted molar refractivity (Wildman–Crippen MR) is 83.5 cm³/mol. The maximum atomic E-state index is 12.2. The number of nitrogens with one attached hydrogen (secondary N) is 1. The summed E-state index contributed by atoms with van der Waals surface area (Å²) in [5.41, 5.74) is 0.824. The molecule has 0 radical (unpaired) electrons. The molecule has 1 aromatic rings. The van der Waals surface area contributed by atoms with Crippen molar-refractivity contribution >= 4 is 21.4 Å². The van der Waals surface area contributed by atoms with Gasteiger partial charge in [0.2, 0.25) is 10.0 Å². The minimum absolute atomic E-state index is 0.0706. The van der Waals surface area contributed by atoms with Crippen molar-refractivity contribution < 1.29 is 13.5 Å². The van der Waals surface area contributed by atoms with E-state index in [1.54, 1.807) is 6.07 Å². The molecule has 1 rings (SSSR count). The lowest BCUT2D eigenvalue weighted by atomic mass is 10.0. The van der Waals surface area contributed by atoms with Gasteiger partial charge < -0.3 is 5.11 Å². The first-order valence-electron chi connectivity index (χ1n) is 6.98. The number of sulfonamides is 1. The number of hydrogen-bond donors (Lipinski definition) is 2. The van der Waals surface area contributed by atoms with Crippen molar-refractivity contribution in [3.05, 3.63) is 16.5 Å². The predicted octanol–water partition coefficient (Wildman–Crippen LogP) is 3.04. The molecule has 4 nitrogen and oxygen atoms in total. The Hall–Kier alpha value is -0.430. The van der Waals surface area contributed by atoms with Crippen LogP contribution in [-0.4, -0.2) is 19.6 Å². The molecule has 0 fully saturated rings. The third-order valence-corrected chi connectivity index (χ3v) is 6.47. The molecule has 0 amide bonds. The molecule has 1 atom stereocenters. The average molecular weight is 319 g/mol. The van der Waals surface area contributed by atoms with E-state index in [1.807, 2.05) is 13.8 Å². The van der Waals surface area contributed by atoms with Crippen LogP contribution < -0.4 is 4.72 Å². The molecule has 0 saturated heterocycles. The van der Waals surface area contributed by atoms with Gasteiger partial charge in [-0.1, -0.05) is 26.7 Å². The van der Waals surface area contributed by atoms with Gasteiger partial charge in [0.25, 0.3) is 0 Å². The molecule has 0 aliphatic carbocycles. The van der Waals surface area contributed by atoms with Crippen LogP contribution in [0.15, 0.2) is 10.3 Å². The lowest BCUT2D eigenvalue weighted by molar-refractivity contribution is 0.285. The topological polar surface area (TPSA) is 66.4 Å². The van der Waals surface area contributed by atoms with Crippen LogP contribution in [0.3, 0.4) is 0 Å². The number of aryl methyl sites for hydroxylation is 1. The first kappa shape index (κ1) is 17.6. The van der Waals surface area contributed by atoms with Crippen LogP contribution in [0.4, 0.5) is 0 Å². The molecule has 0 aliphatic heterocycles. The Balaban J connectivity index is 2.64. The normalized spacial score (nSPS) is 13.9. The van der Waals surface area contributed by atoms with Gasteiger partial charge in [-0.2, -0.15) is 0 Å². The minimum atomic E-state index is -3.46. The van der Waals surface area contributed by atoms with Crippen LogP contribution in [0.1, 0.15) is 50.5 Å². The zero-order valence-electron chi connectivity index (χ0n) is 12.6. The van der Waals surface area contributed by atoms with E-state index in [2.05, 4.69) is 18.6 Å². The largest absolute Gasteiger partial charge is 0.391 e. The molecule has 0 saturated carbocycles. The lowest BCUT2D eigenvalue weighted by Gasteiger charge is -2.13. The molecule has 0 bridgehead atoms. The summed E-state index contributed by atoms with van der Waals surface area (Å²) in [6, 6.07) is 1.55. The van der Waals surface area contributed by atoms with Crippen LogP contribution >= 0.6 is 11.3 Å². The van der Waals surface area contributed by atoms with Gasteiger partial charge in [-0.3, -0.25) is 0 Å². The highest BCUT2D eigenvalue weighted by Crippen LogP contribution is 2.26. The van der Waals surface area contributed by atoms with Crippen LogP contribution in [0.25, 0.3) is 0 Å². The number of hydrogen-bond acceptors (Lipinski definition) is 4. The number of rotatable bonds is 8. The molecular weight excluding hydrogens is 294 g/mol. The monoisotopic (exact) mass is 319 g/mol. The molecular formula is C14H25NO3S2. The van der Waals surface area contributed by atoms with E-state index < -0.39 is 10.0 Å². The van der Waals surface area contributed by atoms with Gasteiger partial charge in [0, 0.05) is 10.9 Å². The van der Waals surface area contributed by atoms with E-state index in [-0.39, 0.29) is 16.9 Å². The van der Waals surface area contributed by atoms with Gasteiger partial charge >= 0.3 is 0 Å². The third-order valence-electron chi connectivity index (χ3n) is 3.18. The summed E-state index contributed by atoms with van der Waals surface area (Å²) in [6.07, 6.45) is 2.97. The second-order valence-electron chi connectivity index (χ2n) is 5.68. The zero-order valence-corrected chi connectivity index (χ0v) is 14.3. The highest BCUT2D eigenvalue weighted by atomic mass is 32.2. The van der Waals surface area contributed by atoms with Gasteiger partial charge in [-0.05, 0) is 37.8 Å². The Morgan fingerprint density at radius 2 is 1.95 bits per heavy atom. The summed E-state index contributed by atoms with van der Waals surface area (Å²) in [5, 5.41) is 9.14. The van der Waals surface area contributed by atoms with E-state index in [1.165, 1.54) is 0 Å². The summed E-state index contributed by atoms with van der Waals surface area (Å²) in [7, 11) is -3.46. The lowest BCUT2D eigenvalue weighted by Crippen LogP contribution is -2.32. The first-order chi connectivity index (χ1) is 9.26. The molecule has 0 aromatic carbocycles. The second kappa shape index (κ2) is 7.54. The maximum Gasteiger partial charge on any atom is 0.250 e. The fourth-order valence-corrected chi connectivity index (χ4v) is 4.74. The summed E-state index contributed by atoms with van der Waals surface area (Å²) in [4.78, 5) is 0.706. The van der Waals surface area contributed by atoms with Gasteiger partial charge in [0.15, 0.2) is 0 Å². The summed E-state index contributed by atoms with van der Waals surface area (Å²) < 4.78 is 27.5. The molecule has 2 N–H and O–H groups in total. The molecule has 1 heterocycles. The van der Waals surface area contributed by atoms with Crippen LogP contribution in [-0.2, 0) is 16.6 Å². The highest BCUT2D eigenvalue weighted by molar-refractivity contribution is 7.91. The SMILES string of the molecule is Cc1cc(S(=O)(=O)NC(C)CCCC(C)C)sc1CO. The summed E-state index contributed by atoms with van der Waals surface area (Å²) >= 11 is 1.14. The zero-order chi connectivity index (χ0) is 15.3. The quantitative estimate of drug-likeness (QED) is 0.774. The van der Waals surface area contributed by atoms with Crippen molar-refractivity contribution in [2.24, 2.45) is 5.92 Å². The van der Waals surface area contributed by atoms with Gasteiger partial charge in [-0.25, -0.2) is 13.1 Å². The third kappa shape index (κ3) is 5.16. The van der Waals surface area contributed by atoms with Gasteiger partial charge in [0.1, 0.15) is 4.21 Å². The van der Waals surface area contributed by atoms with E-state index in [9.17, 15) is 8.42 Å². The van der Waals surface area contributed by atoms with Gasteiger partial charge in [0.05, 0.1) is 6.61 Å². The number of aliphatic hydroxyl groups excluding tert-OH is 1. The van der Waals surface area contributed by atoms with E-state index in [0.717, 1.165) is 36.2 Å². The summed E-state index contributed by atoms with van der Waals surface area (Å²) in [5.74, 6) is 0.644. The average Bonchev–Trinajstić information content (AvgIpc) is 2.70. The van der Waals surface area contributed by atoms with E-state index in [0.29, 0.717) is 10.8 Å². The van der Waals surface area contributed by atoms with Crippen LogP contribution in [0.5, 0.6) is 0 Å². The Labute approximate surface area is 126 Å². The molecule has 0 spiro atoms. The van der Waals surface area contributed by atoms with Crippen molar-refractivity contribution in [3.8, 4) is 0 Å². The smallest absolute Gasteiger partial charge is 0.250 e. The standard InChI is InChI=1S/C14H25NO3S2/c1-10(2)6-5-7-12(4)15-20(17,18)14-8-11(3)13(9-16)19-14/h8,10,12,15-16H,5-7,9H2,1-4H3. The van der Waals surface area contributed by atoms with Gasteiger partial charge in [-0.15, -0.1) is 11.3 Å². The highest BCUT2D eigenvalue weighted by Gasteiger charge is 2.20. The van der Waals surface area contributed by atoms with Crippen molar-refractivity contribution in [1.82, 2.24) is 4.72 Å². The Morgan fingerprint density at radius 3 is 2.45 bits per heavy atom. The van der Waals surface area contributed by atoms with E-state index >= 15 is 0 Å². The maximum absolute atomic E-state index is 12.2. The summed E-state index contributed by atoms with van der Waals surface area (Å²) in [6.45, 7) is 7.92. The molecule has 6 heteroatoms. The molecule has 1 unspecified atom stereocenters. The van der Waals surface area contributed by atoms with Crippen LogP contribution in [0.2, 0.25) is 0 Å². The molecule has 20 heavy (non-hydrogen) atoms. The Kier molecular flexibility index (Phi) is 6.64. The van der Waals surface area contributed by atoms with E-state index in [4.69, 9.17) is 5.11 Å². The van der Waals surface area contributed by atoms with Crippen molar-refractivity contribution in [2.75, 3.05) is 0 Å². The van der Waals surface area contributed by atoms with Crippen molar-refractivity contribution in [3.63, 3.8) is 0 Å². The number of aliphatic hydroxyl groups is 1. The van der Waals surface area contributed by atoms with Crippen molar-refractivity contribution in [1.29, 1.82) is 0 Å². The molecule has 0 aliphatic rings. The minimum Gasteiger partial charge on any atom is -0.391 e. The Bertz CT molecular complexity index is 521. The fraction of sp³-hybridized carbons (Fsp3) is 0.714. The molecule has 1 aromatic heterocycles. The molecule has 116 valence electrons.